The number of nitrogens with one attached hydrogen (secondary N) is 1. The topological polar surface area (TPSA) is 56.8 Å². The zero-order valence-electron chi connectivity index (χ0n) is 11.7. The summed E-state index contributed by atoms with van der Waals surface area (Å²) in [6.45, 7) is 6.51. The van der Waals surface area contributed by atoms with Crippen LogP contribution in [0, 0.1) is 0 Å². The van der Waals surface area contributed by atoms with Crippen LogP contribution in [0.3, 0.4) is 0 Å². The highest BCUT2D eigenvalue weighted by molar-refractivity contribution is 5.80. The fourth-order valence-corrected chi connectivity index (χ4v) is 2.14. The van der Waals surface area contributed by atoms with Gasteiger partial charge in [-0.25, -0.2) is 0 Å². The first-order valence-electron chi connectivity index (χ1n) is 6.65. The van der Waals surface area contributed by atoms with Crippen molar-refractivity contribution in [1.82, 2.24) is 5.32 Å². The van der Waals surface area contributed by atoms with Crippen molar-refractivity contribution in [3.63, 3.8) is 0 Å². The van der Waals surface area contributed by atoms with Gasteiger partial charge in [0.05, 0.1) is 19.8 Å². The maximum Gasteiger partial charge on any atom is 0.325 e. The van der Waals surface area contributed by atoms with Gasteiger partial charge in [0, 0.05) is 13.2 Å². The molecule has 1 N–H and O–H groups in total. The van der Waals surface area contributed by atoms with E-state index in [1.165, 1.54) is 7.11 Å². The third kappa shape index (κ3) is 4.55. The van der Waals surface area contributed by atoms with Gasteiger partial charge >= 0.3 is 5.97 Å². The molecule has 0 aromatic heterocycles. The van der Waals surface area contributed by atoms with Crippen LogP contribution in [-0.2, 0) is 19.0 Å². The summed E-state index contributed by atoms with van der Waals surface area (Å²) in [5.41, 5.74) is -0.667. The van der Waals surface area contributed by atoms with Crippen LogP contribution < -0.4 is 5.32 Å². The molecule has 0 aliphatic carbocycles. The van der Waals surface area contributed by atoms with Crippen LogP contribution in [0.2, 0.25) is 0 Å². The molecule has 2 unspecified atom stereocenters. The van der Waals surface area contributed by atoms with E-state index in [-0.39, 0.29) is 12.1 Å². The lowest BCUT2D eigenvalue weighted by Crippen LogP contribution is -2.50. The number of hydrogen-bond donors (Lipinski definition) is 1. The number of esters is 1. The third-order valence-electron chi connectivity index (χ3n) is 3.28. The Morgan fingerprint density at radius 2 is 2.33 bits per heavy atom. The van der Waals surface area contributed by atoms with Crippen molar-refractivity contribution in [2.45, 2.75) is 44.8 Å². The number of methoxy groups -OCH3 is 1. The highest BCUT2D eigenvalue weighted by Gasteiger charge is 2.33. The molecule has 5 nitrogen and oxygen atoms in total. The number of hydrogen-bond acceptors (Lipinski definition) is 5. The summed E-state index contributed by atoms with van der Waals surface area (Å²) in [6, 6.07) is 0. The minimum atomic E-state index is -0.667. The maximum atomic E-state index is 11.7. The Bertz CT molecular complexity index is 253. The third-order valence-corrected chi connectivity index (χ3v) is 3.28. The van der Waals surface area contributed by atoms with Gasteiger partial charge in [0.2, 0.25) is 0 Å². The first-order chi connectivity index (χ1) is 8.62. The lowest BCUT2D eigenvalue weighted by atomic mass is 9.98. The van der Waals surface area contributed by atoms with Crippen molar-refractivity contribution in [2.24, 2.45) is 0 Å². The molecule has 0 amide bonds. The first kappa shape index (κ1) is 15.4. The van der Waals surface area contributed by atoms with Crippen LogP contribution in [0.1, 0.15) is 33.1 Å². The van der Waals surface area contributed by atoms with Crippen LogP contribution in [0.4, 0.5) is 0 Å². The molecule has 1 heterocycles. The Kier molecular flexibility index (Phi) is 6.60. The number of ether oxygens (including phenoxy) is 3. The van der Waals surface area contributed by atoms with E-state index in [1.807, 2.05) is 13.8 Å². The fraction of sp³-hybridized carbons (Fsp3) is 0.923. The minimum absolute atomic E-state index is 0.230. The summed E-state index contributed by atoms with van der Waals surface area (Å²) >= 11 is 0. The highest BCUT2D eigenvalue weighted by atomic mass is 16.5. The molecule has 106 valence electrons. The highest BCUT2D eigenvalue weighted by Crippen LogP contribution is 2.14. The summed E-state index contributed by atoms with van der Waals surface area (Å²) in [6.07, 6.45) is 3.01. The summed E-state index contributed by atoms with van der Waals surface area (Å²) in [5, 5.41) is 3.15. The molecule has 0 saturated carbocycles. The Labute approximate surface area is 109 Å². The predicted molar refractivity (Wildman–Crippen MR) is 68.5 cm³/mol. The molecule has 0 aromatic carbocycles. The van der Waals surface area contributed by atoms with E-state index in [2.05, 4.69) is 5.32 Å². The molecule has 1 rings (SSSR count). The lowest BCUT2D eigenvalue weighted by molar-refractivity contribution is -0.148. The second-order valence-electron chi connectivity index (χ2n) is 4.81. The van der Waals surface area contributed by atoms with E-state index in [0.29, 0.717) is 19.6 Å². The molecule has 0 aromatic rings. The zero-order valence-corrected chi connectivity index (χ0v) is 11.7. The minimum Gasteiger partial charge on any atom is -0.468 e. The summed E-state index contributed by atoms with van der Waals surface area (Å²) in [4.78, 5) is 11.7. The summed E-state index contributed by atoms with van der Waals surface area (Å²) < 4.78 is 15.9. The van der Waals surface area contributed by atoms with Crippen molar-refractivity contribution in [2.75, 3.05) is 33.5 Å². The van der Waals surface area contributed by atoms with Crippen LogP contribution in [0.5, 0.6) is 0 Å². The van der Waals surface area contributed by atoms with E-state index in [4.69, 9.17) is 14.2 Å². The van der Waals surface area contributed by atoms with E-state index < -0.39 is 5.54 Å². The van der Waals surface area contributed by atoms with Gasteiger partial charge in [0.25, 0.3) is 0 Å². The second-order valence-corrected chi connectivity index (χ2v) is 4.81. The average molecular weight is 259 g/mol. The molecule has 1 fully saturated rings. The van der Waals surface area contributed by atoms with Crippen molar-refractivity contribution >= 4 is 5.97 Å². The molecular weight excluding hydrogens is 234 g/mol. The van der Waals surface area contributed by atoms with Gasteiger partial charge in [-0.15, -0.1) is 0 Å². The van der Waals surface area contributed by atoms with Crippen LogP contribution >= 0.6 is 0 Å². The average Bonchev–Trinajstić information content (AvgIpc) is 2.87. The van der Waals surface area contributed by atoms with Crippen LogP contribution in [-0.4, -0.2) is 51.1 Å². The number of carbonyl (C=O) groups excluding carboxylic acids is 1. The summed E-state index contributed by atoms with van der Waals surface area (Å²) in [7, 11) is 1.41. The van der Waals surface area contributed by atoms with Crippen molar-refractivity contribution in [3.05, 3.63) is 0 Å². The molecule has 0 spiro atoms. The largest absolute Gasteiger partial charge is 0.468 e. The summed E-state index contributed by atoms with van der Waals surface area (Å²) in [5.74, 6) is -0.245. The molecule has 5 heteroatoms. The number of likely N-dealkylation sites (N-methyl/N-ethyl adjacent to an activating group) is 1. The van der Waals surface area contributed by atoms with Crippen molar-refractivity contribution < 1.29 is 19.0 Å². The molecule has 0 radical (unpaired) electrons. The molecule has 1 aliphatic heterocycles. The quantitative estimate of drug-likeness (QED) is 0.523. The van der Waals surface area contributed by atoms with Gasteiger partial charge < -0.3 is 19.5 Å². The van der Waals surface area contributed by atoms with Gasteiger partial charge in [0.1, 0.15) is 5.54 Å². The molecule has 1 aliphatic rings. The molecule has 18 heavy (non-hydrogen) atoms. The zero-order chi connectivity index (χ0) is 13.4. The van der Waals surface area contributed by atoms with Gasteiger partial charge in [-0.05, 0) is 32.7 Å². The standard InChI is InChI=1S/C13H25NO4/c1-4-14-13(2,12(15)16-3)7-9-17-10-11-6-5-8-18-11/h11,14H,4-10H2,1-3H3. The smallest absolute Gasteiger partial charge is 0.325 e. The van der Waals surface area contributed by atoms with E-state index >= 15 is 0 Å². The predicted octanol–water partition coefficient (Wildman–Crippen LogP) is 1.11. The van der Waals surface area contributed by atoms with Gasteiger partial charge in [-0.1, -0.05) is 6.92 Å². The molecular formula is C13H25NO4. The van der Waals surface area contributed by atoms with Crippen molar-refractivity contribution in [1.29, 1.82) is 0 Å². The van der Waals surface area contributed by atoms with Crippen LogP contribution in [0.15, 0.2) is 0 Å². The Balaban J connectivity index is 2.26. The molecule has 0 bridgehead atoms. The van der Waals surface area contributed by atoms with Crippen LogP contribution in [0.25, 0.3) is 0 Å². The SMILES string of the molecule is CCNC(C)(CCOCC1CCCO1)C(=O)OC. The molecule has 2 atom stereocenters. The molecule has 1 saturated heterocycles. The Hall–Kier alpha value is -0.650. The first-order valence-corrected chi connectivity index (χ1v) is 6.65. The number of rotatable bonds is 8. The van der Waals surface area contributed by atoms with Gasteiger partial charge in [0.15, 0.2) is 0 Å². The Morgan fingerprint density at radius 3 is 2.89 bits per heavy atom. The maximum absolute atomic E-state index is 11.7. The Morgan fingerprint density at radius 1 is 1.56 bits per heavy atom. The lowest BCUT2D eigenvalue weighted by Gasteiger charge is -2.27. The monoisotopic (exact) mass is 259 g/mol. The van der Waals surface area contributed by atoms with E-state index in [1.54, 1.807) is 0 Å². The van der Waals surface area contributed by atoms with E-state index in [9.17, 15) is 4.79 Å². The van der Waals surface area contributed by atoms with Gasteiger partial charge in [-0.3, -0.25) is 4.79 Å². The number of carbonyl (C=O) groups is 1. The fourth-order valence-electron chi connectivity index (χ4n) is 2.14. The van der Waals surface area contributed by atoms with Crippen molar-refractivity contribution in [3.8, 4) is 0 Å². The normalized spacial score (nSPS) is 22.7. The van der Waals surface area contributed by atoms with Gasteiger partial charge in [-0.2, -0.15) is 0 Å². The second kappa shape index (κ2) is 7.71. The van der Waals surface area contributed by atoms with E-state index in [0.717, 1.165) is 26.0 Å².